The summed E-state index contributed by atoms with van der Waals surface area (Å²) in [5.74, 6) is -3.32. The molecule has 17 heteroatoms. The van der Waals surface area contributed by atoms with Gasteiger partial charge in [-0.15, -0.1) is 0 Å². The zero-order valence-corrected chi connectivity index (χ0v) is 23.7. The number of rotatable bonds is 6. The highest BCUT2D eigenvalue weighted by molar-refractivity contribution is 6.34. The number of amides is 2. The van der Waals surface area contributed by atoms with Gasteiger partial charge in [0, 0.05) is 38.0 Å². The smallest absolute Gasteiger partial charge is 0.449 e. The molecule has 1 fully saturated rings. The van der Waals surface area contributed by atoms with Gasteiger partial charge in [-0.3, -0.25) is 19.0 Å². The Kier molecular flexibility index (Phi) is 7.98. The molecule has 0 spiro atoms. The van der Waals surface area contributed by atoms with Crippen molar-refractivity contribution in [1.82, 2.24) is 19.1 Å². The average Bonchev–Trinajstić information content (AvgIpc) is 3.31. The molecule has 0 unspecified atom stereocenters. The molecule has 3 aromatic heterocycles. The zero-order chi connectivity index (χ0) is 31.2. The van der Waals surface area contributed by atoms with E-state index in [0.29, 0.717) is 36.7 Å². The molecule has 4 heterocycles. The van der Waals surface area contributed by atoms with Gasteiger partial charge >= 0.3 is 6.18 Å². The summed E-state index contributed by atoms with van der Waals surface area (Å²) >= 11 is 12.3. The first-order valence-electron chi connectivity index (χ1n) is 12.5. The number of ether oxygens (including phenoxy) is 1. The Morgan fingerprint density at radius 1 is 1.16 bits per heavy atom. The third-order valence-corrected chi connectivity index (χ3v) is 7.34. The van der Waals surface area contributed by atoms with Crippen LogP contribution in [0.1, 0.15) is 16.2 Å². The number of carbonyl (C=O) groups is 2. The molecule has 5 rings (SSSR count). The highest BCUT2D eigenvalue weighted by Crippen LogP contribution is 2.37. The Morgan fingerprint density at radius 3 is 2.51 bits per heavy atom. The van der Waals surface area contributed by atoms with Crippen LogP contribution >= 0.6 is 23.2 Å². The molecule has 4 aromatic rings. The van der Waals surface area contributed by atoms with Crippen molar-refractivity contribution >= 4 is 57.6 Å². The lowest BCUT2D eigenvalue weighted by Crippen LogP contribution is -2.36. The Bertz CT molecular complexity index is 1830. The molecule has 226 valence electrons. The number of fused-ring (bicyclic) bond motifs is 1. The van der Waals surface area contributed by atoms with E-state index in [-0.39, 0.29) is 37.8 Å². The predicted molar refractivity (Wildman–Crippen MR) is 152 cm³/mol. The fourth-order valence-electron chi connectivity index (χ4n) is 4.68. The first kappa shape index (κ1) is 30.1. The van der Waals surface area contributed by atoms with Crippen LogP contribution in [0.25, 0.3) is 22.2 Å². The van der Waals surface area contributed by atoms with Gasteiger partial charge in [0.15, 0.2) is 0 Å². The summed E-state index contributed by atoms with van der Waals surface area (Å²) in [5.41, 5.74) is 3.67. The number of carbonyl (C=O) groups excluding carboxylic acids is 2. The number of benzene rings is 1. The van der Waals surface area contributed by atoms with E-state index in [0.717, 1.165) is 17.7 Å². The highest BCUT2D eigenvalue weighted by Gasteiger charge is 2.37. The van der Waals surface area contributed by atoms with E-state index in [1.807, 2.05) is 4.90 Å². The van der Waals surface area contributed by atoms with Crippen molar-refractivity contribution in [2.45, 2.75) is 12.7 Å². The van der Waals surface area contributed by atoms with E-state index >= 15 is 0 Å². The fraction of sp³-hybridized carbons (Fsp3) is 0.269. The van der Waals surface area contributed by atoms with E-state index in [2.05, 4.69) is 15.3 Å². The minimum atomic E-state index is -5.00. The van der Waals surface area contributed by atoms with Crippen LogP contribution in [0.5, 0.6) is 5.75 Å². The second-order valence-electron chi connectivity index (χ2n) is 9.56. The molecular weight excluding hydrogens is 618 g/mol. The van der Waals surface area contributed by atoms with Gasteiger partial charge < -0.3 is 30.4 Å². The third kappa shape index (κ3) is 5.83. The Hall–Kier alpha value is -4.34. The number of anilines is 2. The number of nitrogens with zero attached hydrogens (tertiary/aromatic N) is 5. The van der Waals surface area contributed by atoms with E-state index in [1.165, 1.54) is 18.5 Å². The topological polar surface area (TPSA) is 158 Å². The molecule has 2 amide bonds. The number of primary amides is 1. The van der Waals surface area contributed by atoms with E-state index < -0.39 is 47.3 Å². The molecule has 12 nitrogen and oxygen atoms in total. The number of nitrogens with one attached hydrogen (secondary N) is 1. The van der Waals surface area contributed by atoms with Gasteiger partial charge in [-0.05, 0) is 17.7 Å². The number of morpholine rings is 1. The van der Waals surface area contributed by atoms with Crippen LogP contribution in [0, 0.1) is 0 Å². The number of aromatic nitrogens is 4. The number of halogens is 5. The summed E-state index contributed by atoms with van der Waals surface area (Å²) in [4.78, 5) is 48.3. The van der Waals surface area contributed by atoms with Gasteiger partial charge in [0.05, 0.1) is 46.1 Å². The van der Waals surface area contributed by atoms with Crippen molar-refractivity contribution in [1.29, 1.82) is 0 Å². The molecule has 0 radical (unpaired) electrons. The maximum atomic E-state index is 13.8. The van der Waals surface area contributed by atoms with Crippen LogP contribution in [-0.4, -0.2) is 62.3 Å². The largest absolute Gasteiger partial charge is 0.506 e. The number of hydrogen-bond donors (Lipinski definition) is 3. The minimum absolute atomic E-state index is 0.00873. The molecule has 0 saturated carbocycles. The lowest BCUT2D eigenvalue weighted by atomic mass is 10.0. The second kappa shape index (κ2) is 11.4. The van der Waals surface area contributed by atoms with E-state index in [9.17, 15) is 32.7 Å². The number of aromatic hydroxyl groups is 1. The van der Waals surface area contributed by atoms with Crippen molar-refractivity contribution in [2.24, 2.45) is 12.8 Å². The van der Waals surface area contributed by atoms with Gasteiger partial charge in [0.2, 0.25) is 11.7 Å². The second-order valence-corrected chi connectivity index (χ2v) is 10.4. The monoisotopic (exact) mass is 639 g/mol. The first-order valence-corrected chi connectivity index (χ1v) is 13.3. The number of hydrogen-bond acceptors (Lipinski definition) is 8. The van der Waals surface area contributed by atoms with Crippen molar-refractivity contribution in [3.8, 4) is 16.9 Å². The van der Waals surface area contributed by atoms with Crippen molar-refractivity contribution in [3.05, 3.63) is 62.4 Å². The average molecular weight is 640 g/mol. The van der Waals surface area contributed by atoms with Gasteiger partial charge in [0.1, 0.15) is 23.8 Å². The third-order valence-electron chi connectivity index (χ3n) is 6.76. The van der Waals surface area contributed by atoms with Gasteiger partial charge in [-0.1, -0.05) is 23.2 Å². The van der Waals surface area contributed by atoms with Crippen LogP contribution in [0.2, 0.25) is 10.0 Å². The standard InChI is InChI=1S/C26H22Cl2F3N7O5/c1-36-24(42)20-14(12-6-13(22(32)41)21(40)15(27)7-12)10-38(23(20)35-25(36)26(29,30)31)11-19(39)34-17-8-18(33-9-16(17)28)37-2-4-43-5-3-37/h6-10,40H,2-5,11H2,1H3,(H2,32,41)(H,33,34,39). The van der Waals surface area contributed by atoms with E-state index in [1.54, 1.807) is 6.07 Å². The van der Waals surface area contributed by atoms with Crippen molar-refractivity contribution < 1.29 is 32.6 Å². The van der Waals surface area contributed by atoms with Crippen LogP contribution in [0.3, 0.4) is 0 Å². The molecule has 4 N–H and O–H groups in total. The summed E-state index contributed by atoms with van der Waals surface area (Å²) < 4.78 is 48.1. The molecular formula is C26H22Cl2F3N7O5. The first-order chi connectivity index (χ1) is 20.3. The lowest BCUT2D eigenvalue weighted by molar-refractivity contribution is -0.147. The number of pyridine rings is 1. The number of nitrogens with two attached hydrogens (primary N) is 1. The summed E-state index contributed by atoms with van der Waals surface area (Å²) in [7, 11) is 0.904. The number of alkyl halides is 3. The Labute approximate surface area is 250 Å². The van der Waals surface area contributed by atoms with Gasteiger partial charge in [-0.25, -0.2) is 9.97 Å². The molecule has 0 aliphatic carbocycles. The molecule has 1 aromatic carbocycles. The minimum Gasteiger partial charge on any atom is -0.506 e. The highest BCUT2D eigenvalue weighted by atomic mass is 35.5. The summed E-state index contributed by atoms with van der Waals surface area (Å²) in [6, 6.07) is 3.89. The Balaban J connectivity index is 1.60. The summed E-state index contributed by atoms with van der Waals surface area (Å²) in [6.45, 7) is 1.54. The van der Waals surface area contributed by atoms with Crippen molar-refractivity contribution in [2.75, 3.05) is 36.5 Å². The lowest BCUT2D eigenvalue weighted by Gasteiger charge is -2.28. The zero-order valence-electron chi connectivity index (χ0n) is 22.2. The predicted octanol–water partition coefficient (Wildman–Crippen LogP) is 3.40. The van der Waals surface area contributed by atoms with Crippen LogP contribution < -0.4 is 21.5 Å². The summed E-state index contributed by atoms with van der Waals surface area (Å²) in [6.07, 6.45) is -2.42. The maximum absolute atomic E-state index is 13.8. The maximum Gasteiger partial charge on any atom is 0.449 e. The quantitative estimate of drug-likeness (QED) is 0.290. The molecule has 0 atom stereocenters. The van der Waals surface area contributed by atoms with E-state index in [4.69, 9.17) is 33.7 Å². The summed E-state index contributed by atoms with van der Waals surface area (Å²) in [5, 5.41) is 12.3. The molecule has 1 aliphatic heterocycles. The van der Waals surface area contributed by atoms with Crippen LogP contribution in [0.15, 0.2) is 35.4 Å². The fourth-order valence-corrected chi connectivity index (χ4v) is 5.05. The van der Waals surface area contributed by atoms with Crippen molar-refractivity contribution in [3.63, 3.8) is 0 Å². The molecule has 1 aliphatic rings. The van der Waals surface area contributed by atoms with Crippen LogP contribution in [0.4, 0.5) is 24.7 Å². The normalized spacial score (nSPS) is 13.9. The van der Waals surface area contributed by atoms with Gasteiger partial charge in [-0.2, -0.15) is 13.2 Å². The molecule has 1 saturated heterocycles. The molecule has 0 bridgehead atoms. The number of phenols is 1. The SMILES string of the molecule is Cn1c(C(F)(F)F)nc2c(c(-c3cc(Cl)c(O)c(C(N)=O)c3)cn2CC(=O)Nc2cc(N3CCOCC3)ncc2Cl)c1=O. The Morgan fingerprint density at radius 2 is 1.86 bits per heavy atom. The molecule has 43 heavy (non-hydrogen) atoms. The van der Waals surface area contributed by atoms with Crippen LogP contribution in [-0.2, 0) is 29.3 Å². The van der Waals surface area contributed by atoms with Gasteiger partial charge in [0.25, 0.3) is 11.5 Å².